The zero-order chi connectivity index (χ0) is 18.5. The minimum Gasteiger partial charge on any atom is -0.352 e. The summed E-state index contributed by atoms with van der Waals surface area (Å²) < 4.78 is 0. The van der Waals surface area contributed by atoms with Crippen LogP contribution in [0.3, 0.4) is 0 Å². The van der Waals surface area contributed by atoms with Crippen molar-refractivity contribution in [1.29, 1.82) is 0 Å². The van der Waals surface area contributed by atoms with Crippen molar-refractivity contribution in [3.05, 3.63) is 45.4 Å². The van der Waals surface area contributed by atoms with Crippen LogP contribution in [0.2, 0.25) is 0 Å². The Morgan fingerprint density at radius 1 is 1.23 bits per heavy atom. The fourth-order valence-corrected chi connectivity index (χ4v) is 3.24. The molecule has 1 aliphatic carbocycles. The van der Waals surface area contributed by atoms with Gasteiger partial charge in [0.2, 0.25) is 10.9 Å². The number of aryl methyl sites for hydroxylation is 1. The van der Waals surface area contributed by atoms with E-state index in [1.165, 1.54) is 16.9 Å². The Hall–Kier alpha value is -2.32. The molecule has 1 aliphatic rings. The SMILES string of the molecule is Cc1ccc(CNC(=O)c2nnc(CN(C)CC(=O)NC3CC3)s2)cc1. The normalized spacial score (nSPS) is 13.7. The highest BCUT2D eigenvalue weighted by Crippen LogP contribution is 2.18. The molecule has 1 saturated carbocycles. The number of nitrogens with one attached hydrogen (secondary N) is 2. The van der Waals surface area contributed by atoms with E-state index in [9.17, 15) is 9.59 Å². The summed E-state index contributed by atoms with van der Waals surface area (Å²) in [5, 5.41) is 14.9. The molecule has 0 unspecified atom stereocenters. The van der Waals surface area contributed by atoms with Crippen molar-refractivity contribution in [2.45, 2.75) is 38.9 Å². The van der Waals surface area contributed by atoms with Crippen molar-refractivity contribution in [2.75, 3.05) is 13.6 Å². The Morgan fingerprint density at radius 2 is 1.96 bits per heavy atom. The second kappa shape index (κ2) is 8.37. The molecule has 0 saturated heterocycles. The molecule has 0 bridgehead atoms. The highest BCUT2D eigenvalue weighted by molar-refractivity contribution is 7.13. The summed E-state index contributed by atoms with van der Waals surface area (Å²) >= 11 is 1.25. The summed E-state index contributed by atoms with van der Waals surface area (Å²) in [5.41, 5.74) is 2.22. The Kier molecular flexibility index (Phi) is 5.95. The second-order valence-corrected chi connectivity index (χ2v) is 7.75. The number of benzene rings is 1. The first-order valence-electron chi connectivity index (χ1n) is 8.63. The number of aromatic nitrogens is 2. The van der Waals surface area contributed by atoms with Gasteiger partial charge in [0.05, 0.1) is 13.1 Å². The van der Waals surface area contributed by atoms with Crippen LogP contribution in [0, 0.1) is 6.92 Å². The standard InChI is InChI=1S/C18H23N5O2S/c1-12-3-5-13(6-4-12)9-19-17(25)18-22-21-16(26-18)11-23(2)10-15(24)20-14-7-8-14/h3-6,14H,7-11H2,1-2H3,(H,19,25)(H,20,24). The van der Waals surface area contributed by atoms with Gasteiger partial charge in [-0.3, -0.25) is 14.5 Å². The summed E-state index contributed by atoms with van der Waals surface area (Å²) in [6.45, 7) is 3.28. The molecule has 2 N–H and O–H groups in total. The van der Waals surface area contributed by atoms with E-state index in [-0.39, 0.29) is 11.8 Å². The maximum atomic E-state index is 12.2. The van der Waals surface area contributed by atoms with Crippen LogP contribution in [0.25, 0.3) is 0 Å². The molecule has 1 aromatic heterocycles. The number of rotatable bonds is 8. The smallest absolute Gasteiger partial charge is 0.282 e. The highest BCUT2D eigenvalue weighted by atomic mass is 32.1. The van der Waals surface area contributed by atoms with Crippen LogP contribution in [-0.4, -0.2) is 46.5 Å². The van der Waals surface area contributed by atoms with Crippen LogP contribution in [0.1, 0.15) is 38.8 Å². The van der Waals surface area contributed by atoms with E-state index >= 15 is 0 Å². The first-order valence-corrected chi connectivity index (χ1v) is 9.45. The molecule has 26 heavy (non-hydrogen) atoms. The fourth-order valence-electron chi connectivity index (χ4n) is 2.41. The van der Waals surface area contributed by atoms with Gasteiger partial charge in [-0.15, -0.1) is 10.2 Å². The molecule has 0 atom stereocenters. The molecule has 3 rings (SSSR count). The van der Waals surface area contributed by atoms with Gasteiger partial charge in [0.1, 0.15) is 5.01 Å². The Balaban J connectivity index is 1.46. The maximum Gasteiger partial charge on any atom is 0.282 e. The molecule has 1 fully saturated rings. The second-order valence-electron chi connectivity index (χ2n) is 6.68. The number of hydrogen-bond donors (Lipinski definition) is 2. The number of nitrogens with zero attached hydrogens (tertiary/aromatic N) is 3. The summed E-state index contributed by atoms with van der Waals surface area (Å²) in [4.78, 5) is 25.9. The van der Waals surface area contributed by atoms with Gasteiger partial charge in [-0.2, -0.15) is 0 Å². The first-order chi connectivity index (χ1) is 12.5. The predicted octanol–water partition coefficient (Wildman–Crippen LogP) is 1.49. The number of carbonyl (C=O) groups is 2. The lowest BCUT2D eigenvalue weighted by molar-refractivity contribution is -0.122. The molecular weight excluding hydrogens is 350 g/mol. The van der Waals surface area contributed by atoms with Gasteiger partial charge < -0.3 is 10.6 Å². The summed E-state index contributed by atoms with van der Waals surface area (Å²) in [6, 6.07) is 8.37. The van der Waals surface area contributed by atoms with Crippen LogP contribution < -0.4 is 10.6 Å². The number of hydrogen-bond acceptors (Lipinski definition) is 6. The zero-order valence-corrected chi connectivity index (χ0v) is 15.8. The van der Waals surface area contributed by atoms with Gasteiger partial charge in [0, 0.05) is 12.6 Å². The van der Waals surface area contributed by atoms with Crippen molar-refractivity contribution in [3.8, 4) is 0 Å². The monoisotopic (exact) mass is 373 g/mol. The van der Waals surface area contributed by atoms with Crippen molar-refractivity contribution >= 4 is 23.2 Å². The lowest BCUT2D eigenvalue weighted by Crippen LogP contribution is -2.35. The van der Waals surface area contributed by atoms with Crippen LogP contribution in [0.4, 0.5) is 0 Å². The maximum absolute atomic E-state index is 12.2. The van der Waals surface area contributed by atoms with Gasteiger partial charge >= 0.3 is 0 Å². The third-order valence-corrected chi connectivity index (χ3v) is 4.90. The van der Waals surface area contributed by atoms with Gasteiger partial charge in [-0.05, 0) is 32.4 Å². The van der Waals surface area contributed by atoms with Gasteiger partial charge in [-0.25, -0.2) is 0 Å². The van der Waals surface area contributed by atoms with E-state index in [0.717, 1.165) is 18.4 Å². The Labute approximate surface area is 156 Å². The molecular formula is C18H23N5O2S. The van der Waals surface area contributed by atoms with Gasteiger partial charge in [0.15, 0.2) is 0 Å². The molecule has 138 valence electrons. The molecule has 2 aromatic rings. The van der Waals surface area contributed by atoms with Gasteiger partial charge in [0.25, 0.3) is 5.91 Å². The number of amides is 2. The minimum atomic E-state index is -0.233. The predicted molar refractivity (Wildman–Crippen MR) is 99.8 cm³/mol. The quantitative estimate of drug-likeness (QED) is 0.732. The van der Waals surface area contributed by atoms with E-state index in [0.29, 0.717) is 35.7 Å². The number of carbonyl (C=O) groups excluding carboxylic acids is 2. The highest BCUT2D eigenvalue weighted by Gasteiger charge is 2.23. The average molecular weight is 373 g/mol. The third-order valence-electron chi connectivity index (χ3n) is 4.00. The lowest BCUT2D eigenvalue weighted by atomic mass is 10.1. The third kappa shape index (κ3) is 5.60. The molecule has 2 amide bonds. The molecule has 1 aromatic carbocycles. The average Bonchev–Trinajstić information content (AvgIpc) is 3.28. The minimum absolute atomic E-state index is 0.0237. The van der Waals surface area contributed by atoms with Crippen molar-refractivity contribution < 1.29 is 9.59 Å². The van der Waals surface area contributed by atoms with Crippen LogP contribution in [0.5, 0.6) is 0 Å². The molecule has 8 heteroatoms. The van der Waals surface area contributed by atoms with Crippen molar-refractivity contribution in [2.24, 2.45) is 0 Å². The Bertz CT molecular complexity index is 770. The molecule has 0 radical (unpaired) electrons. The molecule has 7 nitrogen and oxygen atoms in total. The topological polar surface area (TPSA) is 87.2 Å². The molecule has 0 spiro atoms. The molecule has 1 heterocycles. The first kappa shape index (κ1) is 18.5. The summed E-state index contributed by atoms with van der Waals surface area (Å²) in [7, 11) is 1.85. The summed E-state index contributed by atoms with van der Waals surface area (Å²) in [5.74, 6) is -0.209. The van der Waals surface area contributed by atoms with E-state index in [1.54, 1.807) is 0 Å². The lowest BCUT2D eigenvalue weighted by Gasteiger charge is -2.14. The Morgan fingerprint density at radius 3 is 2.65 bits per heavy atom. The zero-order valence-electron chi connectivity index (χ0n) is 15.0. The summed E-state index contributed by atoms with van der Waals surface area (Å²) in [6.07, 6.45) is 2.15. The largest absolute Gasteiger partial charge is 0.352 e. The van der Waals surface area contributed by atoms with E-state index in [1.807, 2.05) is 43.1 Å². The van der Waals surface area contributed by atoms with Crippen LogP contribution >= 0.6 is 11.3 Å². The molecule has 0 aliphatic heterocycles. The van der Waals surface area contributed by atoms with E-state index in [4.69, 9.17) is 0 Å². The van der Waals surface area contributed by atoms with Crippen molar-refractivity contribution in [1.82, 2.24) is 25.7 Å². The van der Waals surface area contributed by atoms with E-state index < -0.39 is 0 Å². The van der Waals surface area contributed by atoms with Crippen LogP contribution in [0.15, 0.2) is 24.3 Å². The fraction of sp³-hybridized carbons (Fsp3) is 0.444. The van der Waals surface area contributed by atoms with Crippen LogP contribution in [-0.2, 0) is 17.9 Å². The van der Waals surface area contributed by atoms with E-state index in [2.05, 4.69) is 20.8 Å². The number of likely N-dealkylation sites (N-methyl/N-ethyl adjacent to an activating group) is 1. The van der Waals surface area contributed by atoms with Gasteiger partial charge in [-0.1, -0.05) is 41.2 Å². The van der Waals surface area contributed by atoms with Crippen molar-refractivity contribution in [3.63, 3.8) is 0 Å².